The summed E-state index contributed by atoms with van der Waals surface area (Å²) >= 11 is 1.69. The molecule has 1 aromatic carbocycles. The van der Waals surface area contributed by atoms with E-state index in [1.165, 1.54) is 4.88 Å². The van der Waals surface area contributed by atoms with Crippen molar-refractivity contribution >= 4 is 23.1 Å². The van der Waals surface area contributed by atoms with Gasteiger partial charge in [-0.15, -0.1) is 11.3 Å². The Morgan fingerprint density at radius 1 is 1.19 bits per heavy atom. The second-order valence-electron chi connectivity index (χ2n) is 4.57. The van der Waals surface area contributed by atoms with Crippen LogP contribution in [0.3, 0.4) is 0 Å². The Morgan fingerprint density at radius 3 is 2.86 bits per heavy atom. The zero-order chi connectivity index (χ0) is 14.5. The van der Waals surface area contributed by atoms with E-state index in [9.17, 15) is 4.79 Å². The third-order valence-electron chi connectivity index (χ3n) is 3.04. The Bertz CT molecular complexity index is 613. The Labute approximate surface area is 126 Å². The maximum absolute atomic E-state index is 11.8. The molecule has 5 nitrogen and oxygen atoms in total. The van der Waals surface area contributed by atoms with Gasteiger partial charge in [-0.3, -0.25) is 0 Å². The molecule has 2 N–H and O–H groups in total. The molecule has 6 heteroatoms. The number of carbonyl (C=O) groups is 1. The summed E-state index contributed by atoms with van der Waals surface area (Å²) in [6, 6.07) is 9.22. The van der Waals surface area contributed by atoms with Crippen LogP contribution in [0.25, 0.3) is 0 Å². The second kappa shape index (κ2) is 6.49. The van der Waals surface area contributed by atoms with Gasteiger partial charge >= 0.3 is 6.03 Å². The second-order valence-corrected chi connectivity index (χ2v) is 5.60. The van der Waals surface area contributed by atoms with Crippen molar-refractivity contribution in [3.8, 4) is 11.5 Å². The molecule has 21 heavy (non-hydrogen) atoms. The van der Waals surface area contributed by atoms with Gasteiger partial charge in [0.05, 0.1) is 0 Å². The predicted molar refractivity (Wildman–Crippen MR) is 82.5 cm³/mol. The molecule has 0 fully saturated rings. The van der Waals surface area contributed by atoms with Crippen molar-refractivity contribution < 1.29 is 14.3 Å². The van der Waals surface area contributed by atoms with Gasteiger partial charge in [0.25, 0.3) is 0 Å². The summed E-state index contributed by atoms with van der Waals surface area (Å²) < 4.78 is 10.9. The molecule has 1 aliphatic heterocycles. The number of amides is 2. The molecule has 0 atom stereocenters. The number of anilines is 1. The molecule has 0 bridgehead atoms. The first kappa shape index (κ1) is 13.8. The topological polar surface area (TPSA) is 59.6 Å². The lowest BCUT2D eigenvalue weighted by molar-refractivity contribution is 0.171. The molecular formula is C15H16N2O3S. The van der Waals surface area contributed by atoms with Crippen LogP contribution in [0.4, 0.5) is 10.5 Å². The molecule has 0 radical (unpaired) electrons. The molecular weight excluding hydrogens is 288 g/mol. The van der Waals surface area contributed by atoms with Crippen molar-refractivity contribution in [2.24, 2.45) is 0 Å². The SMILES string of the molecule is O=C(NCCc1cccs1)Nc1ccc2c(c1)OCCO2. The van der Waals surface area contributed by atoms with Crippen LogP contribution in [0.15, 0.2) is 35.7 Å². The van der Waals surface area contributed by atoms with Crippen molar-refractivity contribution in [1.82, 2.24) is 5.32 Å². The van der Waals surface area contributed by atoms with Gasteiger partial charge in [-0.25, -0.2) is 4.79 Å². The summed E-state index contributed by atoms with van der Waals surface area (Å²) in [5.74, 6) is 1.38. The minimum Gasteiger partial charge on any atom is -0.486 e. The Morgan fingerprint density at radius 2 is 2.05 bits per heavy atom. The average molecular weight is 304 g/mol. The number of benzene rings is 1. The standard InChI is InChI=1S/C15H16N2O3S/c18-15(16-6-5-12-2-1-9-21-12)17-11-3-4-13-14(10-11)20-8-7-19-13/h1-4,9-10H,5-8H2,(H2,16,17,18). The molecule has 0 unspecified atom stereocenters. The van der Waals surface area contributed by atoms with Crippen LogP contribution >= 0.6 is 11.3 Å². The molecule has 2 amide bonds. The monoisotopic (exact) mass is 304 g/mol. The molecule has 0 saturated heterocycles. The van der Waals surface area contributed by atoms with Crippen LogP contribution < -0.4 is 20.1 Å². The van der Waals surface area contributed by atoms with E-state index in [1.807, 2.05) is 11.4 Å². The zero-order valence-electron chi connectivity index (χ0n) is 11.4. The molecule has 3 rings (SSSR count). The van der Waals surface area contributed by atoms with Crippen molar-refractivity contribution in [3.63, 3.8) is 0 Å². The Hall–Kier alpha value is -2.21. The van der Waals surface area contributed by atoms with Gasteiger partial charge < -0.3 is 20.1 Å². The van der Waals surface area contributed by atoms with Crippen LogP contribution in [0, 0.1) is 0 Å². The fourth-order valence-corrected chi connectivity index (χ4v) is 2.76. The summed E-state index contributed by atoms with van der Waals surface area (Å²) in [5, 5.41) is 7.66. The molecule has 1 aliphatic rings. The summed E-state index contributed by atoms with van der Waals surface area (Å²) in [6.07, 6.45) is 0.840. The molecule has 0 spiro atoms. The van der Waals surface area contributed by atoms with E-state index in [2.05, 4.69) is 16.7 Å². The highest BCUT2D eigenvalue weighted by Gasteiger charge is 2.12. The number of urea groups is 1. The lowest BCUT2D eigenvalue weighted by Crippen LogP contribution is -2.30. The lowest BCUT2D eigenvalue weighted by atomic mass is 10.2. The van der Waals surface area contributed by atoms with E-state index < -0.39 is 0 Å². The van der Waals surface area contributed by atoms with E-state index in [4.69, 9.17) is 9.47 Å². The van der Waals surface area contributed by atoms with Crippen LogP contribution in [-0.4, -0.2) is 25.8 Å². The number of nitrogens with one attached hydrogen (secondary N) is 2. The van der Waals surface area contributed by atoms with Crippen molar-refractivity contribution in [1.29, 1.82) is 0 Å². The Balaban J connectivity index is 1.50. The molecule has 0 saturated carbocycles. The smallest absolute Gasteiger partial charge is 0.319 e. The number of carbonyl (C=O) groups excluding carboxylic acids is 1. The number of fused-ring (bicyclic) bond motifs is 1. The lowest BCUT2D eigenvalue weighted by Gasteiger charge is -2.19. The minimum absolute atomic E-state index is 0.219. The van der Waals surface area contributed by atoms with Crippen LogP contribution in [0.2, 0.25) is 0 Å². The molecule has 0 aliphatic carbocycles. The number of hydrogen-bond acceptors (Lipinski definition) is 4. The summed E-state index contributed by atoms with van der Waals surface area (Å²) in [5.41, 5.74) is 0.688. The summed E-state index contributed by atoms with van der Waals surface area (Å²) in [4.78, 5) is 13.1. The van der Waals surface area contributed by atoms with Crippen LogP contribution in [-0.2, 0) is 6.42 Å². The summed E-state index contributed by atoms with van der Waals surface area (Å²) in [7, 11) is 0. The number of ether oxygens (including phenoxy) is 2. The van der Waals surface area contributed by atoms with Crippen molar-refractivity contribution in [2.45, 2.75) is 6.42 Å². The fraction of sp³-hybridized carbons (Fsp3) is 0.267. The van der Waals surface area contributed by atoms with Crippen LogP contribution in [0.5, 0.6) is 11.5 Å². The third kappa shape index (κ3) is 3.66. The van der Waals surface area contributed by atoms with Gasteiger partial charge in [0.2, 0.25) is 0 Å². The van der Waals surface area contributed by atoms with E-state index >= 15 is 0 Å². The zero-order valence-corrected chi connectivity index (χ0v) is 12.2. The highest BCUT2D eigenvalue weighted by molar-refractivity contribution is 7.09. The largest absolute Gasteiger partial charge is 0.486 e. The fourth-order valence-electron chi connectivity index (χ4n) is 2.05. The minimum atomic E-state index is -0.219. The van der Waals surface area contributed by atoms with Gasteiger partial charge in [-0.1, -0.05) is 6.07 Å². The van der Waals surface area contributed by atoms with Gasteiger partial charge in [0, 0.05) is 23.2 Å². The molecule has 110 valence electrons. The normalized spacial score (nSPS) is 12.8. The van der Waals surface area contributed by atoms with Crippen molar-refractivity contribution in [3.05, 3.63) is 40.6 Å². The number of hydrogen-bond donors (Lipinski definition) is 2. The quantitative estimate of drug-likeness (QED) is 0.913. The van der Waals surface area contributed by atoms with E-state index in [0.717, 1.165) is 6.42 Å². The van der Waals surface area contributed by atoms with E-state index in [1.54, 1.807) is 29.5 Å². The molecule has 2 heterocycles. The van der Waals surface area contributed by atoms with Gasteiger partial charge in [-0.05, 0) is 30.0 Å². The van der Waals surface area contributed by atoms with Gasteiger partial charge in [0.15, 0.2) is 11.5 Å². The van der Waals surface area contributed by atoms with E-state index in [-0.39, 0.29) is 6.03 Å². The highest BCUT2D eigenvalue weighted by atomic mass is 32.1. The van der Waals surface area contributed by atoms with Gasteiger partial charge in [0.1, 0.15) is 13.2 Å². The average Bonchev–Trinajstić information content (AvgIpc) is 3.00. The van der Waals surface area contributed by atoms with Crippen molar-refractivity contribution in [2.75, 3.05) is 25.1 Å². The molecule has 2 aromatic rings. The number of thiophene rings is 1. The summed E-state index contributed by atoms with van der Waals surface area (Å²) in [6.45, 7) is 1.70. The predicted octanol–water partition coefficient (Wildman–Crippen LogP) is 2.88. The van der Waals surface area contributed by atoms with E-state index in [0.29, 0.717) is 36.9 Å². The first-order valence-corrected chi connectivity index (χ1v) is 7.66. The van der Waals surface area contributed by atoms with Gasteiger partial charge in [-0.2, -0.15) is 0 Å². The highest BCUT2D eigenvalue weighted by Crippen LogP contribution is 2.32. The molecule has 1 aromatic heterocycles. The maximum Gasteiger partial charge on any atom is 0.319 e. The first-order valence-electron chi connectivity index (χ1n) is 6.78. The maximum atomic E-state index is 11.8. The Kier molecular flexibility index (Phi) is 4.25. The number of rotatable bonds is 4. The third-order valence-corrected chi connectivity index (χ3v) is 3.97. The van der Waals surface area contributed by atoms with Crippen LogP contribution in [0.1, 0.15) is 4.88 Å². The first-order chi connectivity index (χ1) is 10.3.